The van der Waals surface area contributed by atoms with Crippen LogP contribution in [-0.2, 0) is 4.74 Å². The van der Waals surface area contributed by atoms with Gasteiger partial charge in [0.1, 0.15) is 0 Å². The highest BCUT2D eigenvalue weighted by molar-refractivity contribution is 4.90. The van der Waals surface area contributed by atoms with Crippen molar-refractivity contribution in [3.8, 4) is 0 Å². The highest BCUT2D eigenvalue weighted by Crippen LogP contribution is 2.47. The molecule has 0 heterocycles. The highest BCUT2D eigenvalue weighted by atomic mass is 16.5. The molecular weight excluding hydrogens is 148 g/mol. The van der Waals surface area contributed by atoms with E-state index in [1.54, 1.807) is 0 Å². The maximum atomic E-state index is 5.67. The zero-order chi connectivity index (χ0) is 8.55. The fourth-order valence-corrected chi connectivity index (χ4v) is 3.24. The van der Waals surface area contributed by atoms with Gasteiger partial charge in [-0.25, -0.2) is 0 Å². The van der Waals surface area contributed by atoms with Gasteiger partial charge in [0.2, 0.25) is 0 Å². The van der Waals surface area contributed by atoms with Crippen LogP contribution < -0.4 is 0 Å². The van der Waals surface area contributed by atoms with E-state index in [2.05, 4.69) is 13.8 Å². The van der Waals surface area contributed by atoms with Crippen LogP contribution in [0, 0.1) is 17.8 Å². The summed E-state index contributed by atoms with van der Waals surface area (Å²) < 4.78 is 5.67. The van der Waals surface area contributed by atoms with E-state index in [1.807, 2.05) is 0 Å². The molecule has 12 heavy (non-hydrogen) atoms. The second-order valence-corrected chi connectivity index (χ2v) is 4.65. The Labute approximate surface area is 75.5 Å². The molecule has 0 N–H and O–H groups in total. The van der Waals surface area contributed by atoms with Crippen molar-refractivity contribution < 1.29 is 4.74 Å². The van der Waals surface area contributed by atoms with Crippen molar-refractivity contribution in [2.24, 2.45) is 17.8 Å². The molecule has 0 saturated heterocycles. The van der Waals surface area contributed by atoms with Crippen molar-refractivity contribution in [1.29, 1.82) is 0 Å². The van der Waals surface area contributed by atoms with Gasteiger partial charge in [-0.3, -0.25) is 0 Å². The minimum atomic E-state index is 0.609. The van der Waals surface area contributed by atoms with Crippen molar-refractivity contribution in [3.05, 3.63) is 0 Å². The molecule has 0 bridgehead atoms. The van der Waals surface area contributed by atoms with Gasteiger partial charge in [-0.15, -0.1) is 0 Å². The molecule has 0 aromatic heterocycles. The Morgan fingerprint density at radius 1 is 1.08 bits per heavy atom. The summed E-state index contributed by atoms with van der Waals surface area (Å²) in [6.45, 7) is 5.41. The monoisotopic (exact) mass is 168 g/mol. The summed E-state index contributed by atoms with van der Waals surface area (Å²) in [4.78, 5) is 0. The maximum absolute atomic E-state index is 5.67. The lowest BCUT2D eigenvalue weighted by Crippen LogP contribution is -2.09. The van der Waals surface area contributed by atoms with Crippen molar-refractivity contribution >= 4 is 0 Å². The Hall–Kier alpha value is -0.0400. The predicted octanol–water partition coefficient (Wildman–Crippen LogP) is 2.85. The fourth-order valence-electron chi connectivity index (χ4n) is 3.24. The fraction of sp³-hybridized carbons (Fsp3) is 1.00. The van der Waals surface area contributed by atoms with Crippen LogP contribution in [0.2, 0.25) is 0 Å². The van der Waals surface area contributed by atoms with Gasteiger partial charge in [0.15, 0.2) is 0 Å². The van der Waals surface area contributed by atoms with Gasteiger partial charge < -0.3 is 4.74 Å². The second-order valence-electron chi connectivity index (χ2n) is 4.65. The summed E-state index contributed by atoms with van der Waals surface area (Å²) in [6.07, 6.45) is 6.24. The first kappa shape index (κ1) is 8.55. The average molecular weight is 168 g/mol. The highest BCUT2D eigenvalue weighted by Gasteiger charge is 2.40. The van der Waals surface area contributed by atoms with Crippen LogP contribution in [0.1, 0.15) is 39.5 Å². The number of ether oxygens (including phenoxy) is 1. The van der Waals surface area contributed by atoms with E-state index < -0.39 is 0 Å². The largest absolute Gasteiger partial charge is 0.378 e. The van der Waals surface area contributed by atoms with Gasteiger partial charge >= 0.3 is 0 Å². The van der Waals surface area contributed by atoms with E-state index in [9.17, 15) is 0 Å². The first-order valence-corrected chi connectivity index (χ1v) is 5.41. The zero-order valence-corrected chi connectivity index (χ0v) is 8.25. The zero-order valence-electron chi connectivity index (χ0n) is 8.25. The quantitative estimate of drug-likeness (QED) is 0.616. The number of hydrogen-bond donors (Lipinski definition) is 0. The Morgan fingerprint density at radius 2 is 1.67 bits per heavy atom. The second kappa shape index (κ2) is 3.37. The molecule has 1 heteroatoms. The summed E-state index contributed by atoms with van der Waals surface area (Å²) >= 11 is 0. The SMILES string of the molecule is CCOC1C[C@H]2CC(C)C[C@H]2C1. The Balaban J connectivity index is 1.85. The van der Waals surface area contributed by atoms with Gasteiger partial charge in [0, 0.05) is 6.61 Å². The van der Waals surface area contributed by atoms with Gasteiger partial charge in [-0.1, -0.05) is 6.92 Å². The van der Waals surface area contributed by atoms with Crippen LogP contribution in [0.4, 0.5) is 0 Å². The van der Waals surface area contributed by atoms with E-state index in [0.717, 1.165) is 24.4 Å². The van der Waals surface area contributed by atoms with Crippen LogP contribution in [0.5, 0.6) is 0 Å². The first-order chi connectivity index (χ1) is 5.79. The summed E-state index contributed by atoms with van der Waals surface area (Å²) in [7, 11) is 0. The molecule has 1 nitrogen and oxygen atoms in total. The Kier molecular flexibility index (Phi) is 2.40. The van der Waals surface area contributed by atoms with Crippen LogP contribution in [0.25, 0.3) is 0 Å². The molecule has 2 rings (SSSR count). The summed E-state index contributed by atoms with van der Waals surface area (Å²) in [5, 5.41) is 0. The molecule has 0 radical (unpaired) electrons. The summed E-state index contributed by atoms with van der Waals surface area (Å²) in [5.41, 5.74) is 0. The van der Waals surface area contributed by atoms with Gasteiger partial charge in [-0.2, -0.15) is 0 Å². The molecule has 0 aliphatic heterocycles. The summed E-state index contributed by atoms with van der Waals surface area (Å²) in [5.74, 6) is 3.01. The van der Waals surface area contributed by atoms with Crippen molar-refractivity contribution in [1.82, 2.24) is 0 Å². The molecule has 0 amide bonds. The molecule has 2 aliphatic rings. The number of rotatable bonds is 2. The lowest BCUT2D eigenvalue weighted by atomic mass is 10.0. The molecule has 4 atom stereocenters. The molecule has 0 aromatic carbocycles. The minimum absolute atomic E-state index is 0.609. The van der Waals surface area contributed by atoms with Crippen LogP contribution in [0.3, 0.4) is 0 Å². The molecule has 2 fully saturated rings. The van der Waals surface area contributed by atoms with Gasteiger partial charge in [0.05, 0.1) is 6.10 Å². The number of fused-ring (bicyclic) bond motifs is 1. The molecular formula is C11H20O. The molecule has 2 unspecified atom stereocenters. The molecule has 0 spiro atoms. The maximum Gasteiger partial charge on any atom is 0.0580 e. The normalized spacial score (nSPS) is 46.5. The third-order valence-corrected chi connectivity index (χ3v) is 3.61. The van der Waals surface area contributed by atoms with E-state index in [-0.39, 0.29) is 0 Å². The van der Waals surface area contributed by atoms with Crippen molar-refractivity contribution in [2.45, 2.75) is 45.6 Å². The van der Waals surface area contributed by atoms with E-state index in [0.29, 0.717) is 6.10 Å². The number of hydrogen-bond acceptors (Lipinski definition) is 1. The molecule has 0 aromatic rings. The third-order valence-electron chi connectivity index (χ3n) is 3.61. The predicted molar refractivity (Wildman–Crippen MR) is 50.0 cm³/mol. The van der Waals surface area contributed by atoms with Crippen molar-refractivity contribution in [3.63, 3.8) is 0 Å². The lowest BCUT2D eigenvalue weighted by molar-refractivity contribution is 0.0611. The Morgan fingerprint density at radius 3 is 2.17 bits per heavy atom. The van der Waals surface area contributed by atoms with Crippen LogP contribution in [-0.4, -0.2) is 12.7 Å². The van der Waals surface area contributed by atoms with E-state index in [4.69, 9.17) is 4.74 Å². The van der Waals surface area contributed by atoms with Crippen LogP contribution in [0.15, 0.2) is 0 Å². The first-order valence-electron chi connectivity index (χ1n) is 5.41. The average Bonchev–Trinajstić information content (AvgIpc) is 2.44. The summed E-state index contributed by atoms with van der Waals surface area (Å²) in [6, 6.07) is 0. The standard InChI is InChI=1S/C11H20O/c1-3-12-11-6-9-4-8(2)5-10(9)7-11/h8-11H,3-7H2,1-2H3/t8?,9-,10+,11?. The molecule has 70 valence electrons. The van der Waals surface area contributed by atoms with Crippen molar-refractivity contribution in [2.75, 3.05) is 6.61 Å². The Bertz CT molecular complexity index is 141. The molecule has 2 saturated carbocycles. The lowest BCUT2D eigenvalue weighted by Gasteiger charge is -2.11. The third kappa shape index (κ3) is 1.52. The minimum Gasteiger partial charge on any atom is -0.378 e. The van der Waals surface area contributed by atoms with Gasteiger partial charge in [-0.05, 0) is 50.4 Å². The van der Waals surface area contributed by atoms with Gasteiger partial charge in [0.25, 0.3) is 0 Å². The smallest absolute Gasteiger partial charge is 0.0580 e. The molecule has 2 aliphatic carbocycles. The topological polar surface area (TPSA) is 9.23 Å². The van der Waals surface area contributed by atoms with E-state index in [1.165, 1.54) is 25.7 Å². The van der Waals surface area contributed by atoms with E-state index >= 15 is 0 Å². The van der Waals surface area contributed by atoms with Crippen LogP contribution >= 0.6 is 0 Å².